The molecule has 5 nitrogen and oxygen atoms in total. The lowest BCUT2D eigenvalue weighted by molar-refractivity contribution is 0.370. The van der Waals surface area contributed by atoms with Crippen molar-refractivity contribution in [2.24, 2.45) is 5.10 Å². The van der Waals surface area contributed by atoms with E-state index in [0.717, 1.165) is 10.0 Å². The fraction of sp³-hybridized carbons (Fsp3) is 0.118. The van der Waals surface area contributed by atoms with E-state index in [2.05, 4.69) is 31.8 Å². The first kappa shape index (κ1) is 18.0. The van der Waals surface area contributed by atoms with E-state index in [9.17, 15) is 8.42 Å². The number of hydrazone groups is 1. The Balaban J connectivity index is 2.13. The van der Waals surface area contributed by atoms with Crippen molar-refractivity contribution in [2.75, 3.05) is 6.61 Å². The van der Waals surface area contributed by atoms with Gasteiger partial charge in [0.25, 0.3) is 10.0 Å². The lowest BCUT2D eigenvalue weighted by atomic mass is 10.2. The Morgan fingerprint density at radius 1 is 1.29 bits per heavy atom. The summed E-state index contributed by atoms with van der Waals surface area (Å²) in [5, 5.41) is 3.81. The van der Waals surface area contributed by atoms with Gasteiger partial charge in [-0.15, -0.1) is 6.42 Å². The van der Waals surface area contributed by atoms with Gasteiger partial charge in [-0.2, -0.15) is 13.5 Å². The van der Waals surface area contributed by atoms with Gasteiger partial charge in [0.1, 0.15) is 12.4 Å². The molecule has 124 valence electrons. The summed E-state index contributed by atoms with van der Waals surface area (Å²) in [4.78, 5) is 2.33. The van der Waals surface area contributed by atoms with E-state index in [0.29, 0.717) is 11.3 Å². The third kappa shape index (κ3) is 4.85. The van der Waals surface area contributed by atoms with Crippen LogP contribution in [0.2, 0.25) is 0 Å². The number of rotatable bonds is 6. The van der Waals surface area contributed by atoms with Crippen molar-refractivity contribution < 1.29 is 13.2 Å². The third-order valence-corrected chi connectivity index (χ3v) is 4.96. The molecule has 0 spiro atoms. The van der Waals surface area contributed by atoms with Crippen LogP contribution in [-0.2, 0) is 10.0 Å². The van der Waals surface area contributed by atoms with Crippen molar-refractivity contribution >= 4 is 32.2 Å². The lowest BCUT2D eigenvalue weighted by Gasteiger charge is -2.06. The van der Waals surface area contributed by atoms with Crippen LogP contribution >= 0.6 is 15.9 Å². The minimum absolute atomic E-state index is 0.149. The van der Waals surface area contributed by atoms with Crippen molar-refractivity contribution in [1.82, 2.24) is 4.83 Å². The molecule has 0 aromatic heterocycles. The highest BCUT2D eigenvalue weighted by molar-refractivity contribution is 9.10. The maximum absolute atomic E-state index is 12.1. The molecule has 2 aromatic rings. The van der Waals surface area contributed by atoms with Gasteiger partial charge in [-0.1, -0.05) is 39.5 Å². The summed E-state index contributed by atoms with van der Waals surface area (Å²) < 4.78 is 30.4. The first-order valence-corrected chi connectivity index (χ1v) is 9.17. The molecule has 0 aliphatic heterocycles. The van der Waals surface area contributed by atoms with Crippen LogP contribution in [-0.4, -0.2) is 21.2 Å². The number of nitrogens with zero attached hydrogens (tertiary/aromatic N) is 1. The van der Waals surface area contributed by atoms with E-state index in [-0.39, 0.29) is 11.5 Å². The summed E-state index contributed by atoms with van der Waals surface area (Å²) in [5.74, 6) is 2.94. The molecule has 24 heavy (non-hydrogen) atoms. The van der Waals surface area contributed by atoms with Gasteiger partial charge in [0, 0.05) is 10.0 Å². The van der Waals surface area contributed by atoms with Crippen LogP contribution in [0.4, 0.5) is 0 Å². The van der Waals surface area contributed by atoms with Crippen LogP contribution in [0, 0.1) is 19.3 Å². The first-order chi connectivity index (χ1) is 11.4. The fourth-order valence-corrected chi connectivity index (χ4v) is 2.91. The summed E-state index contributed by atoms with van der Waals surface area (Å²) in [6, 6.07) is 11.7. The van der Waals surface area contributed by atoms with Crippen molar-refractivity contribution in [1.29, 1.82) is 0 Å². The SMILES string of the molecule is C#CCOc1ccc(Br)c(/C=N/NS(=O)(=O)c2ccc(C)cc2)c1. The van der Waals surface area contributed by atoms with E-state index >= 15 is 0 Å². The van der Waals surface area contributed by atoms with Crippen molar-refractivity contribution in [3.05, 3.63) is 58.1 Å². The van der Waals surface area contributed by atoms with Crippen molar-refractivity contribution in [3.63, 3.8) is 0 Å². The minimum Gasteiger partial charge on any atom is -0.481 e. The van der Waals surface area contributed by atoms with E-state index in [4.69, 9.17) is 11.2 Å². The largest absolute Gasteiger partial charge is 0.481 e. The lowest BCUT2D eigenvalue weighted by Crippen LogP contribution is -2.18. The summed E-state index contributed by atoms with van der Waals surface area (Å²) in [7, 11) is -3.71. The van der Waals surface area contributed by atoms with Crippen LogP contribution in [0.15, 0.2) is 56.9 Å². The van der Waals surface area contributed by atoms with E-state index in [1.807, 2.05) is 6.92 Å². The maximum Gasteiger partial charge on any atom is 0.276 e. The summed E-state index contributed by atoms with van der Waals surface area (Å²) in [6.07, 6.45) is 6.54. The van der Waals surface area contributed by atoms with Crippen LogP contribution < -0.4 is 9.57 Å². The third-order valence-electron chi connectivity index (χ3n) is 3.00. The first-order valence-electron chi connectivity index (χ1n) is 6.90. The number of hydrogen-bond donors (Lipinski definition) is 1. The molecule has 0 saturated heterocycles. The molecule has 0 fully saturated rings. The number of nitrogens with one attached hydrogen (secondary N) is 1. The predicted octanol–water partition coefficient (Wildman–Crippen LogP) is 3.08. The second-order valence-corrected chi connectivity index (χ2v) is 7.36. The molecule has 2 aromatic carbocycles. The molecule has 2 rings (SSSR count). The number of hydrogen-bond acceptors (Lipinski definition) is 4. The molecule has 0 saturated carbocycles. The normalized spacial score (nSPS) is 11.2. The van der Waals surface area contributed by atoms with Crippen LogP contribution in [0.25, 0.3) is 0 Å². The van der Waals surface area contributed by atoms with Gasteiger partial charge in [-0.3, -0.25) is 0 Å². The Hall–Kier alpha value is -2.30. The molecule has 7 heteroatoms. The van der Waals surface area contributed by atoms with Gasteiger partial charge >= 0.3 is 0 Å². The summed E-state index contributed by atoms with van der Waals surface area (Å²) in [5.41, 5.74) is 1.63. The summed E-state index contributed by atoms with van der Waals surface area (Å²) >= 11 is 3.37. The van der Waals surface area contributed by atoms with Crippen LogP contribution in [0.3, 0.4) is 0 Å². The monoisotopic (exact) mass is 406 g/mol. The number of benzene rings is 2. The Kier molecular flexibility index (Phi) is 6.01. The maximum atomic E-state index is 12.1. The fourth-order valence-electron chi connectivity index (χ4n) is 1.77. The number of halogens is 1. The zero-order chi connectivity index (χ0) is 17.6. The Morgan fingerprint density at radius 3 is 2.67 bits per heavy atom. The quantitative estimate of drug-likeness (QED) is 0.455. The molecule has 0 aliphatic rings. The van der Waals surface area contributed by atoms with Crippen molar-refractivity contribution in [3.8, 4) is 18.1 Å². The molecule has 0 unspecified atom stereocenters. The van der Waals surface area contributed by atoms with Gasteiger partial charge in [0.15, 0.2) is 0 Å². The number of aryl methyl sites for hydroxylation is 1. The highest BCUT2D eigenvalue weighted by Crippen LogP contribution is 2.21. The standard InChI is InChI=1S/C17H15BrN2O3S/c1-3-10-23-15-6-9-17(18)14(11-15)12-19-20-24(21,22)16-7-4-13(2)5-8-16/h1,4-9,11-12,20H,10H2,2H3/b19-12+. The minimum atomic E-state index is -3.71. The second kappa shape index (κ2) is 7.99. The second-order valence-electron chi connectivity index (χ2n) is 4.84. The Bertz CT molecular complexity index is 885. The molecule has 0 atom stereocenters. The van der Waals surface area contributed by atoms with Gasteiger partial charge < -0.3 is 4.74 Å². The van der Waals surface area contributed by atoms with Crippen LogP contribution in [0.5, 0.6) is 5.75 Å². The number of ether oxygens (including phenoxy) is 1. The Labute approximate surface area is 149 Å². The zero-order valence-electron chi connectivity index (χ0n) is 12.9. The molecule has 0 amide bonds. The highest BCUT2D eigenvalue weighted by atomic mass is 79.9. The smallest absolute Gasteiger partial charge is 0.276 e. The Morgan fingerprint density at radius 2 is 2.00 bits per heavy atom. The molecule has 0 bridgehead atoms. The highest BCUT2D eigenvalue weighted by Gasteiger charge is 2.11. The van der Waals surface area contributed by atoms with E-state index in [1.54, 1.807) is 30.3 Å². The van der Waals surface area contributed by atoms with E-state index in [1.165, 1.54) is 18.3 Å². The predicted molar refractivity (Wildman–Crippen MR) is 97.6 cm³/mol. The van der Waals surface area contributed by atoms with Gasteiger partial charge in [0.05, 0.1) is 11.1 Å². The van der Waals surface area contributed by atoms with Gasteiger partial charge in [-0.05, 0) is 37.3 Å². The zero-order valence-corrected chi connectivity index (χ0v) is 15.3. The molecule has 0 radical (unpaired) electrons. The topological polar surface area (TPSA) is 67.8 Å². The molecule has 1 N–H and O–H groups in total. The summed E-state index contributed by atoms with van der Waals surface area (Å²) in [6.45, 7) is 2.03. The number of terminal acetylenes is 1. The van der Waals surface area contributed by atoms with Crippen LogP contribution in [0.1, 0.15) is 11.1 Å². The van der Waals surface area contributed by atoms with Gasteiger partial charge in [0.2, 0.25) is 0 Å². The average Bonchev–Trinajstić information content (AvgIpc) is 2.55. The molecular formula is C17H15BrN2O3S. The van der Waals surface area contributed by atoms with Crippen molar-refractivity contribution in [2.45, 2.75) is 11.8 Å². The number of sulfonamides is 1. The van der Waals surface area contributed by atoms with Gasteiger partial charge in [-0.25, -0.2) is 4.83 Å². The average molecular weight is 407 g/mol. The molecule has 0 heterocycles. The van der Waals surface area contributed by atoms with E-state index < -0.39 is 10.0 Å². The molecule has 0 aliphatic carbocycles. The molecular weight excluding hydrogens is 392 g/mol.